The Morgan fingerprint density at radius 3 is 2.04 bits per heavy atom. The number of carbonyl (C=O) groups excluding carboxylic acids is 2. The van der Waals surface area contributed by atoms with Gasteiger partial charge < -0.3 is 24.7 Å². The zero-order valence-corrected chi connectivity index (χ0v) is 16.0. The first-order valence-electron chi connectivity index (χ1n) is 8.89. The molecule has 0 spiro atoms. The van der Waals surface area contributed by atoms with E-state index in [2.05, 4.69) is 0 Å². The van der Waals surface area contributed by atoms with Crippen molar-refractivity contribution in [1.29, 1.82) is 0 Å². The van der Waals surface area contributed by atoms with Crippen LogP contribution in [0.2, 0.25) is 0 Å². The van der Waals surface area contributed by atoms with Crippen LogP contribution >= 0.6 is 0 Å². The molecule has 1 heterocycles. The molecule has 0 radical (unpaired) electrons. The van der Waals surface area contributed by atoms with Crippen LogP contribution < -0.4 is 10.5 Å². The van der Waals surface area contributed by atoms with Crippen LogP contribution in [0.25, 0.3) is 0 Å². The number of benzene rings is 1. The first-order chi connectivity index (χ1) is 12.9. The van der Waals surface area contributed by atoms with Crippen LogP contribution in [0, 0.1) is 0 Å². The van der Waals surface area contributed by atoms with Gasteiger partial charge in [-0.2, -0.15) is 0 Å². The van der Waals surface area contributed by atoms with Crippen LogP contribution in [0.3, 0.4) is 0 Å². The van der Waals surface area contributed by atoms with Gasteiger partial charge >= 0.3 is 11.9 Å². The fourth-order valence-corrected chi connectivity index (χ4v) is 2.92. The lowest BCUT2D eigenvalue weighted by atomic mass is 9.82. The van der Waals surface area contributed by atoms with Gasteiger partial charge in [0.1, 0.15) is 17.1 Å². The van der Waals surface area contributed by atoms with Crippen LogP contribution in [-0.2, 0) is 23.8 Å². The van der Waals surface area contributed by atoms with Crippen LogP contribution in [0.4, 0.5) is 0 Å². The van der Waals surface area contributed by atoms with Gasteiger partial charge in [-0.3, -0.25) is 0 Å². The number of allylic oxidation sites excluding steroid dienone is 1. The van der Waals surface area contributed by atoms with Gasteiger partial charge in [0.05, 0.1) is 31.3 Å². The summed E-state index contributed by atoms with van der Waals surface area (Å²) in [5.74, 6) is -1.07. The molecule has 1 aromatic carbocycles. The van der Waals surface area contributed by atoms with Crippen molar-refractivity contribution in [2.24, 2.45) is 5.73 Å². The Kier molecular flexibility index (Phi) is 6.87. The lowest BCUT2D eigenvalue weighted by molar-refractivity contribution is -0.140. The average Bonchev–Trinajstić information content (AvgIpc) is 2.62. The SMILES string of the molecule is CCOC(=O)C1=C(C)OC(N)=C(C(=O)OCC)[C@H]1c1ccc(OCC)cc1. The zero-order chi connectivity index (χ0) is 20.0. The van der Waals surface area contributed by atoms with E-state index in [0.717, 1.165) is 0 Å². The monoisotopic (exact) mass is 375 g/mol. The highest BCUT2D eigenvalue weighted by Crippen LogP contribution is 2.40. The fraction of sp³-hybridized carbons (Fsp3) is 0.400. The molecule has 1 aliphatic heterocycles. The number of esters is 2. The van der Waals surface area contributed by atoms with Crippen molar-refractivity contribution < 1.29 is 28.5 Å². The smallest absolute Gasteiger partial charge is 0.340 e. The summed E-state index contributed by atoms with van der Waals surface area (Å²) in [7, 11) is 0. The van der Waals surface area contributed by atoms with Crippen molar-refractivity contribution >= 4 is 11.9 Å². The lowest BCUT2D eigenvalue weighted by Gasteiger charge is -2.28. The average molecular weight is 375 g/mol. The highest BCUT2D eigenvalue weighted by Gasteiger charge is 2.39. The Bertz CT molecular complexity index is 723. The second kappa shape index (κ2) is 9.12. The Balaban J connectivity index is 2.57. The van der Waals surface area contributed by atoms with Crippen LogP contribution in [0.5, 0.6) is 5.75 Å². The molecule has 0 saturated carbocycles. The topological polar surface area (TPSA) is 97.1 Å². The first kappa shape index (κ1) is 20.4. The van der Waals surface area contributed by atoms with Gasteiger partial charge in [0.2, 0.25) is 5.88 Å². The maximum Gasteiger partial charge on any atom is 0.340 e. The molecule has 0 aromatic heterocycles. The predicted molar refractivity (Wildman–Crippen MR) is 98.6 cm³/mol. The molecule has 0 aliphatic carbocycles. The van der Waals surface area contributed by atoms with Gasteiger partial charge in [-0.05, 0) is 45.4 Å². The predicted octanol–water partition coefficient (Wildman–Crippen LogP) is 2.77. The molecule has 0 amide bonds. The molecule has 7 heteroatoms. The summed E-state index contributed by atoms with van der Waals surface area (Å²) >= 11 is 0. The van der Waals surface area contributed by atoms with Gasteiger partial charge in [-0.15, -0.1) is 0 Å². The Morgan fingerprint density at radius 1 is 0.963 bits per heavy atom. The quantitative estimate of drug-likeness (QED) is 0.732. The van der Waals surface area contributed by atoms with E-state index in [1.165, 1.54) is 0 Å². The summed E-state index contributed by atoms with van der Waals surface area (Å²) in [5, 5.41) is 0. The van der Waals surface area contributed by atoms with Crippen LogP contribution in [0.15, 0.2) is 47.1 Å². The van der Waals surface area contributed by atoms with Crippen molar-refractivity contribution in [1.82, 2.24) is 0 Å². The van der Waals surface area contributed by atoms with Crippen molar-refractivity contribution in [2.75, 3.05) is 19.8 Å². The minimum absolute atomic E-state index is 0.0784. The Hall–Kier alpha value is -2.96. The number of hydrogen-bond acceptors (Lipinski definition) is 7. The molecule has 2 N–H and O–H groups in total. The van der Waals surface area contributed by atoms with E-state index in [9.17, 15) is 9.59 Å². The summed E-state index contributed by atoms with van der Waals surface area (Å²) in [6, 6.07) is 7.09. The van der Waals surface area contributed by atoms with Crippen molar-refractivity contribution in [3.8, 4) is 5.75 Å². The Labute approximate surface area is 158 Å². The normalized spacial score (nSPS) is 16.7. The lowest BCUT2D eigenvalue weighted by Crippen LogP contribution is -2.30. The molecule has 1 aromatic rings. The van der Waals surface area contributed by atoms with Gasteiger partial charge in [0.25, 0.3) is 0 Å². The summed E-state index contributed by atoms with van der Waals surface area (Å²) in [4.78, 5) is 25.1. The third kappa shape index (κ3) is 4.42. The number of rotatable bonds is 7. The summed E-state index contributed by atoms with van der Waals surface area (Å²) in [5.41, 5.74) is 6.96. The molecule has 0 bridgehead atoms. The van der Waals surface area contributed by atoms with Gasteiger partial charge in [-0.25, -0.2) is 9.59 Å². The van der Waals surface area contributed by atoms with E-state index in [0.29, 0.717) is 17.9 Å². The first-order valence-corrected chi connectivity index (χ1v) is 8.89. The second-order valence-corrected chi connectivity index (χ2v) is 5.73. The van der Waals surface area contributed by atoms with Crippen molar-refractivity contribution in [3.05, 3.63) is 52.6 Å². The van der Waals surface area contributed by atoms with Gasteiger partial charge in [-0.1, -0.05) is 12.1 Å². The Morgan fingerprint density at radius 2 is 1.52 bits per heavy atom. The number of ether oxygens (including phenoxy) is 4. The molecule has 1 atom stereocenters. The molecule has 2 rings (SSSR count). The number of nitrogens with two attached hydrogens (primary N) is 1. The van der Waals surface area contributed by atoms with E-state index >= 15 is 0 Å². The fourth-order valence-electron chi connectivity index (χ4n) is 2.92. The highest BCUT2D eigenvalue weighted by atomic mass is 16.5. The molecule has 0 unspecified atom stereocenters. The standard InChI is InChI=1S/C20H25NO6/c1-5-24-14-10-8-13(9-11-14)16-15(19(22)25-6-2)12(4)27-18(21)17(16)20(23)26-7-3/h8-11,16H,5-7,21H2,1-4H3/t16-/m0/s1. The van der Waals surface area contributed by atoms with Gasteiger partial charge in [0.15, 0.2) is 0 Å². The van der Waals surface area contributed by atoms with Gasteiger partial charge in [0, 0.05) is 0 Å². The summed E-state index contributed by atoms with van der Waals surface area (Å²) in [6.07, 6.45) is 0. The van der Waals surface area contributed by atoms with E-state index in [1.54, 1.807) is 45.0 Å². The van der Waals surface area contributed by atoms with Crippen LogP contribution in [0.1, 0.15) is 39.2 Å². The molecular formula is C20H25NO6. The third-order valence-corrected chi connectivity index (χ3v) is 4.00. The second-order valence-electron chi connectivity index (χ2n) is 5.73. The van der Waals surface area contributed by atoms with Crippen molar-refractivity contribution in [3.63, 3.8) is 0 Å². The zero-order valence-electron chi connectivity index (χ0n) is 16.0. The van der Waals surface area contributed by atoms with E-state index in [4.69, 9.17) is 24.7 Å². The minimum Gasteiger partial charge on any atom is -0.494 e. The van der Waals surface area contributed by atoms with E-state index in [-0.39, 0.29) is 36.0 Å². The highest BCUT2D eigenvalue weighted by molar-refractivity contribution is 5.99. The molecule has 27 heavy (non-hydrogen) atoms. The molecule has 7 nitrogen and oxygen atoms in total. The molecule has 0 fully saturated rings. The molecular weight excluding hydrogens is 350 g/mol. The maximum absolute atomic E-state index is 12.6. The molecule has 0 saturated heterocycles. The van der Waals surface area contributed by atoms with E-state index in [1.807, 2.05) is 6.92 Å². The summed E-state index contributed by atoms with van der Waals surface area (Å²) < 4.78 is 21.2. The minimum atomic E-state index is -0.757. The molecule has 1 aliphatic rings. The summed E-state index contributed by atoms with van der Waals surface area (Å²) in [6.45, 7) is 7.80. The third-order valence-electron chi connectivity index (χ3n) is 4.00. The molecule has 146 valence electrons. The largest absolute Gasteiger partial charge is 0.494 e. The van der Waals surface area contributed by atoms with Crippen LogP contribution in [-0.4, -0.2) is 31.8 Å². The number of hydrogen-bond donors (Lipinski definition) is 1. The number of carbonyl (C=O) groups is 2. The van der Waals surface area contributed by atoms with Crippen molar-refractivity contribution in [2.45, 2.75) is 33.6 Å². The van der Waals surface area contributed by atoms with E-state index < -0.39 is 17.9 Å². The maximum atomic E-state index is 12.6.